The lowest BCUT2D eigenvalue weighted by Crippen LogP contribution is -2.37. The van der Waals surface area contributed by atoms with Gasteiger partial charge in [-0.05, 0) is 30.5 Å². The van der Waals surface area contributed by atoms with Crippen molar-refractivity contribution in [3.63, 3.8) is 0 Å². The van der Waals surface area contributed by atoms with Gasteiger partial charge in [0.25, 0.3) is 0 Å². The third kappa shape index (κ3) is 4.26. The molecule has 0 spiro atoms. The lowest BCUT2D eigenvalue weighted by atomic mass is 10.1. The van der Waals surface area contributed by atoms with Crippen LogP contribution in [-0.4, -0.2) is 28.6 Å². The normalized spacial score (nSPS) is 16.3. The van der Waals surface area contributed by atoms with Gasteiger partial charge in [0.1, 0.15) is 11.6 Å². The Labute approximate surface area is 140 Å². The van der Waals surface area contributed by atoms with Crippen LogP contribution in [0.3, 0.4) is 0 Å². The molecule has 1 aromatic heterocycles. The van der Waals surface area contributed by atoms with Crippen LogP contribution in [0.25, 0.3) is 0 Å². The highest BCUT2D eigenvalue weighted by atomic mass is 32.1. The highest BCUT2D eigenvalue weighted by Gasteiger charge is 2.22. The average Bonchev–Trinajstić information content (AvgIpc) is 3.05. The standard InChI is InChI=1S/C17H22FN3OS/c1-12(2)16-19-17(23-20-16)21-9-7-15(8-10-21)22-11-13-3-5-14(18)6-4-13/h3-6,12,15H,7-11H2,1-2H3. The Morgan fingerprint density at radius 1 is 1.26 bits per heavy atom. The van der Waals surface area contributed by atoms with Crippen LogP contribution in [-0.2, 0) is 11.3 Å². The van der Waals surface area contributed by atoms with E-state index in [1.165, 1.54) is 23.7 Å². The number of anilines is 1. The lowest BCUT2D eigenvalue weighted by molar-refractivity contribution is 0.0251. The van der Waals surface area contributed by atoms with Gasteiger partial charge >= 0.3 is 0 Å². The number of hydrogen-bond acceptors (Lipinski definition) is 5. The molecule has 2 aromatic rings. The molecule has 1 saturated heterocycles. The first-order valence-electron chi connectivity index (χ1n) is 8.06. The summed E-state index contributed by atoms with van der Waals surface area (Å²) in [5.74, 6) is 1.09. The topological polar surface area (TPSA) is 38.2 Å². The minimum Gasteiger partial charge on any atom is -0.373 e. The summed E-state index contributed by atoms with van der Waals surface area (Å²) in [4.78, 5) is 6.91. The Morgan fingerprint density at radius 2 is 1.96 bits per heavy atom. The van der Waals surface area contributed by atoms with Crippen LogP contribution in [0.15, 0.2) is 24.3 Å². The Morgan fingerprint density at radius 3 is 2.57 bits per heavy atom. The average molecular weight is 335 g/mol. The van der Waals surface area contributed by atoms with Crippen molar-refractivity contribution in [2.24, 2.45) is 0 Å². The molecule has 23 heavy (non-hydrogen) atoms. The number of hydrogen-bond donors (Lipinski definition) is 0. The van der Waals surface area contributed by atoms with Gasteiger partial charge in [0.05, 0.1) is 12.7 Å². The summed E-state index contributed by atoms with van der Waals surface area (Å²) in [5.41, 5.74) is 1.01. The summed E-state index contributed by atoms with van der Waals surface area (Å²) >= 11 is 1.49. The molecule has 0 atom stereocenters. The minimum atomic E-state index is -0.208. The van der Waals surface area contributed by atoms with Crippen LogP contribution in [0, 0.1) is 5.82 Å². The van der Waals surface area contributed by atoms with E-state index in [0.29, 0.717) is 12.5 Å². The predicted octanol–water partition coefficient (Wildman–Crippen LogP) is 3.99. The summed E-state index contributed by atoms with van der Waals surface area (Å²) in [6, 6.07) is 6.50. The van der Waals surface area contributed by atoms with Gasteiger partial charge in [-0.1, -0.05) is 26.0 Å². The number of aromatic nitrogens is 2. The van der Waals surface area contributed by atoms with Gasteiger partial charge in [0.15, 0.2) is 0 Å². The fourth-order valence-corrected chi connectivity index (χ4v) is 3.46. The van der Waals surface area contributed by atoms with E-state index in [1.54, 1.807) is 12.1 Å². The molecule has 4 nitrogen and oxygen atoms in total. The van der Waals surface area contributed by atoms with E-state index in [4.69, 9.17) is 4.74 Å². The maximum atomic E-state index is 12.9. The molecule has 0 bridgehead atoms. The number of halogens is 1. The zero-order chi connectivity index (χ0) is 16.2. The number of piperidine rings is 1. The second kappa shape index (κ2) is 7.36. The molecule has 1 fully saturated rings. The van der Waals surface area contributed by atoms with Gasteiger partial charge in [-0.25, -0.2) is 9.37 Å². The van der Waals surface area contributed by atoms with E-state index in [2.05, 4.69) is 28.1 Å². The lowest BCUT2D eigenvalue weighted by Gasteiger charge is -2.31. The Balaban J connectivity index is 1.47. The van der Waals surface area contributed by atoms with Crippen molar-refractivity contribution in [1.82, 2.24) is 9.36 Å². The third-order valence-corrected chi connectivity index (χ3v) is 4.85. The molecule has 0 saturated carbocycles. The van der Waals surface area contributed by atoms with Crippen LogP contribution in [0.4, 0.5) is 9.52 Å². The number of nitrogens with zero attached hydrogens (tertiary/aromatic N) is 3. The van der Waals surface area contributed by atoms with Crippen LogP contribution in [0.5, 0.6) is 0 Å². The second-order valence-corrected chi connectivity index (χ2v) is 6.94. The Kier molecular flexibility index (Phi) is 5.23. The second-order valence-electron chi connectivity index (χ2n) is 6.21. The molecule has 0 radical (unpaired) electrons. The van der Waals surface area contributed by atoms with E-state index in [-0.39, 0.29) is 11.9 Å². The van der Waals surface area contributed by atoms with Gasteiger partial charge in [0.2, 0.25) is 5.13 Å². The third-order valence-electron chi connectivity index (χ3n) is 4.06. The van der Waals surface area contributed by atoms with Crippen LogP contribution < -0.4 is 4.90 Å². The zero-order valence-corrected chi connectivity index (χ0v) is 14.4. The maximum absolute atomic E-state index is 12.9. The fourth-order valence-electron chi connectivity index (χ4n) is 2.60. The van der Waals surface area contributed by atoms with E-state index >= 15 is 0 Å². The molecule has 6 heteroatoms. The molecule has 124 valence electrons. The van der Waals surface area contributed by atoms with Crippen molar-refractivity contribution in [3.05, 3.63) is 41.5 Å². The van der Waals surface area contributed by atoms with Gasteiger partial charge < -0.3 is 9.64 Å². The first-order valence-corrected chi connectivity index (χ1v) is 8.84. The number of ether oxygens (including phenoxy) is 1. The Hall–Kier alpha value is -1.53. The SMILES string of the molecule is CC(C)c1nsc(N2CCC(OCc3ccc(F)cc3)CC2)n1. The van der Waals surface area contributed by atoms with E-state index in [9.17, 15) is 4.39 Å². The molecule has 1 aliphatic heterocycles. The van der Waals surface area contributed by atoms with Crippen molar-refractivity contribution in [1.29, 1.82) is 0 Å². The largest absolute Gasteiger partial charge is 0.373 e. The number of benzene rings is 1. The number of rotatable bonds is 5. The van der Waals surface area contributed by atoms with Crippen molar-refractivity contribution in [3.8, 4) is 0 Å². The molecule has 0 N–H and O–H groups in total. The highest BCUT2D eigenvalue weighted by molar-refractivity contribution is 7.09. The summed E-state index contributed by atoms with van der Waals surface area (Å²) in [6.07, 6.45) is 2.23. The summed E-state index contributed by atoms with van der Waals surface area (Å²) < 4.78 is 23.3. The highest BCUT2D eigenvalue weighted by Crippen LogP contribution is 2.25. The van der Waals surface area contributed by atoms with Crippen molar-refractivity contribution < 1.29 is 9.13 Å². The van der Waals surface area contributed by atoms with Crippen LogP contribution in [0.1, 0.15) is 44.0 Å². The monoisotopic (exact) mass is 335 g/mol. The summed E-state index contributed by atoms with van der Waals surface area (Å²) in [6.45, 7) is 6.66. The smallest absolute Gasteiger partial charge is 0.205 e. The predicted molar refractivity (Wildman–Crippen MR) is 90.4 cm³/mol. The molecule has 0 amide bonds. The quantitative estimate of drug-likeness (QED) is 0.828. The van der Waals surface area contributed by atoms with Crippen molar-refractivity contribution in [2.75, 3.05) is 18.0 Å². The molecule has 2 heterocycles. The van der Waals surface area contributed by atoms with E-state index in [0.717, 1.165) is 42.5 Å². The summed E-state index contributed by atoms with van der Waals surface area (Å²) in [5, 5.41) is 1.02. The molecule has 1 aliphatic rings. The fraction of sp³-hybridized carbons (Fsp3) is 0.529. The molecular weight excluding hydrogens is 313 g/mol. The van der Waals surface area contributed by atoms with Gasteiger partial charge in [-0.2, -0.15) is 4.37 Å². The van der Waals surface area contributed by atoms with Crippen molar-refractivity contribution in [2.45, 2.75) is 45.3 Å². The molecule has 3 rings (SSSR count). The maximum Gasteiger partial charge on any atom is 0.205 e. The van der Waals surface area contributed by atoms with Gasteiger partial charge in [-0.15, -0.1) is 0 Å². The molecule has 0 aliphatic carbocycles. The van der Waals surface area contributed by atoms with Gasteiger partial charge in [0, 0.05) is 30.5 Å². The first kappa shape index (κ1) is 16.3. The molecule has 1 aromatic carbocycles. The molecular formula is C17H22FN3OS. The van der Waals surface area contributed by atoms with Crippen LogP contribution in [0.2, 0.25) is 0 Å². The van der Waals surface area contributed by atoms with E-state index in [1.807, 2.05) is 0 Å². The summed E-state index contributed by atoms with van der Waals surface area (Å²) in [7, 11) is 0. The minimum absolute atomic E-state index is 0.208. The van der Waals surface area contributed by atoms with Crippen LogP contribution >= 0.6 is 11.5 Å². The molecule has 0 unspecified atom stereocenters. The van der Waals surface area contributed by atoms with E-state index < -0.39 is 0 Å². The van der Waals surface area contributed by atoms with Gasteiger partial charge in [-0.3, -0.25) is 0 Å². The Bertz CT molecular complexity index is 621. The van der Waals surface area contributed by atoms with Crippen molar-refractivity contribution >= 4 is 16.7 Å². The zero-order valence-electron chi connectivity index (χ0n) is 13.5. The first-order chi connectivity index (χ1) is 11.1.